The number of likely N-dealkylation sites (N-methyl/N-ethyl adjacent to an activating group) is 2. The minimum atomic E-state index is -1.03. The van der Waals surface area contributed by atoms with Crippen LogP contribution in [0.4, 0.5) is 0 Å². The zero-order chi connectivity index (χ0) is 22.5. The molecule has 0 aliphatic carbocycles. The van der Waals surface area contributed by atoms with Crippen molar-refractivity contribution in [2.45, 2.75) is 0 Å². The highest BCUT2D eigenvalue weighted by molar-refractivity contribution is 7.10. The zero-order valence-electron chi connectivity index (χ0n) is 18.3. The van der Waals surface area contributed by atoms with E-state index in [4.69, 9.17) is 4.99 Å². The Kier molecular flexibility index (Phi) is 6.40. The molecule has 3 aromatic carbocycles. The lowest BCUT2D eigenvalue weighted by Crippen LogP contribution is -2.50. The first-order valence-electron chi connectivity index (χ1n) is 10.7. The van der Waals surface area contributed by atoms with Crippen molar-refractivity contribution in [2.75, 3.05) is 27.2 Å². The normalized spacial score (nSPS) is 13.9. The van der Waals surface area contributed by atoms with Gasteiger partial charge in [-0.25, -0.2) is 4.79 Å². The van der Waals surface area contributed by atoms with E-state index in [0.29, 0.717) is 11.4 Å². The van der Waals surface area contributed by atoms with Gasteiger partial charge in [0.15, 0.2) is 5.70 Å². The molecule has 32 heavy (non-hydrogen) atoms. The van der Waals surface area contributed by atoms with E-state index in [1.807, 2.05) is 90.6 Å². The molecule has 5 nitrogen and oxygen atoms in total. The van der Waals surface area contributed by atoms with Crippen LogP contribution in [0.25, 0.3) is 0 Å². The molecule has 0 spiro atoms. The summed E-state index contributed by atoms with van der Waals surface area (Å²) in [5, 5.41) is 10.2. The van der Waals surface area contributed by atoms with E-state index in [0.717, 1.165) is 29.6 Å². The summed E-state index contributed by atoms with van der Waals surface area (Å²) in [7, 11) is 3.82. The lowest BCUT2D eigenvalue weighted by molar-refractivity contribution is -0.132. The van der Waals surface area contributed by atoms with Gasteiger partial charge in [0.1, 0.15) is 5.82 Å². The molecule has 1 heterocycles. The first-order chi connectivity index (χ1) is 15.6. The molecular formula is C26H26BN3O2. The Morgan fingerprint density at radius 1 is 0.781 bits per heavy atom. The minimum Gasteiger partial charge on any atom is -0.476 e. The number of carboxylic acid groups (broad SMARTS) is 1. The van der Waals surface area contributed by atoms with Crippen LogP contribution in [0.1, 0.15) is 5.56 Å². The monoisotopic (exact) mass is 423 g/mol. The Balaban J connectivity index is 2.00. The van der Waals surface area contributed by atoms with E-state index in [-0.39, 0.29) is 12.4 Å². The number of aliphatic imine (C=N–C) groups is 1. The van der Waals surface area contributed by atoms with E-state index in [1.165, 1.54) is 0 Å². The van der Waals surface area contributed by atoms with Crippen LogP contribution >= 0.6 is 0 Å². The maximum absolute atomic E-state index is 12.4. The van der Waals surface area contributed by atoms with Crippen LogP contribution in [-0.2, 0) is 4.79 Å². The molecule has 0 radical (unpaired) electrons. The molecule has 0 bridgehead atoms. The van der Waals surface area contributed by atoms with Gasteiger partial charge in [0, 0.05) is 32.8 Å². The fourth-order valence-electron chi connectivity index (χ4n) is 4.18. The third kappa shape index (κ3) is 4.44. The Bertz CT molecular complexity index is 1080. The number of nitrogens with zero attached hydrogens (tertiary/aromatic N) is 3. The molecule has 4 rings (SSSR count). The molecule has 1 N–H and O–H groups in total. The second-order valence-electron chi connectivity index (χ2n) is 7.94. The molecule has 1 fully saturated rings. The number of carboxylic acids is 1. The van der Waals surface area contributed by atoms with Gasteiger partial charge in [-0.3, -0.25) is 4.99 Å². The van der Waals surface area contributed by atoms with Crippen LogP contribution in [0.15, 0.2) is 108 Å². The van der Waals surface area contributed by atoms with Crippen molar-refractivity contribution in [3.8, 4) is 0 Å². The van der Waals surface area contributed by atoms with Crippen LogP contribution in [0.3, 0.4) is 0 Å². The molecule has 1 saturated heterocycles. The van der Waals surface area contributed by atoms with Gasteiger partial charge in [-0.2, -0.15) is 0 Å². The molecule has 1 aliphatic rings. The Morgan fingerprint density at radius 3 is 1.66 bits per heavy atom. The molecule has 0 unspecified atom stereocenters. The molecule has 1 aliphatic heterocycles. The molecule has 0 amide bonds. The molecule has 0 aromatic heterocycles. The van der Waals surface area contributed by atoms with Gasteiger partial charge in [-0.05, 0) is 5.56 Å². The van der Waals surface area contributed by atoms with Crippen LogP contribution in [0.2, 0.25) is 0 Å². The Labute approximate surface area is 189 Å². The number of carbonyl (C=O) groups is 1. The highest BCUT2D eigenvalue weighted by Gasteiger charge is 2.31. The number of rotatable bonds is 6. The van der Waals surface area contributed by atoms with Crippen molar-refractivity contribution in [1.29, 1.82) is 0 Å². The highest BCUT2D eigenvalue weighted by Crippen LogP contribution is 2.21. The van der Waals surface area contributed by atoms with Crippen molar-refractivity contribution >= 4 is 29.2 Å². The van der Waals surface area contributed by atoms with E-state index >= 15 is 0 Å². The van der Waals surface area contributed by atoms with Crippen LogP contribution in [0.5, 0.6) is 0 Å². The van der Waals surface area contributed by atoms with Crippen LogP contribution in [0, 0.1) is 0 Å². The highest BCUT2D eigenvalue weighted by atomic mass is 16.4. The van der Waals surface area contributed by atoms with Crippen LogP contribution in [-0.4, -0.2) is 60.4 Å². The van der Waals surface area contributed by atoms with Gasteiger partial charge >= 0.3 is 5.97 Å². The van der Waals surface area contributed by atoms with Gasteiger partial charge < -0.3 is 14.9 Å². The maximum atomic E-state index is 12.4. The number of hydrogen-bond donors (Lipinski definition) is 1. The van der Waals surface area contributed by atoms with Crippen molar-refractivity contribution in [2.24, 2.45) is 4.99 Å². The van der Waals surface area contributed by atoms with Crippen molar-refractivity contribution in [3.05, 3.63) is 108 Å². The van der Waals surface area contributed by atoms with E-state index < -0.39 is 5.97 Å². The number of hydrogen-bond acceptors (Lipinski definition) is 4. The van der Waals surface area contributed by atoms with Gasteiger partial charge in [0.25, 0.3) is 6.71 Å². The predicted octanol–water partition coefficient (Wildman–Crippen LogP) is 2.45. The maximum Gasteiger partial charge on any atom is 0.358 e. The molecular weight excluding hydrogens is 397 g/mol. The predicted molar refractivity (Wildman–Crippen MR) is 131 cm³/mol. The molecule has 160 valence electrons. The second kappa shape index (κ2) is 9.56. The third-order valence-corrected chi connectivity index (χ3v) is 5.75. The quantitative estimate of drug-likeness (QED) is 0.376. The van der Waals surface area contributed by atoms with Gasteiger partial charge in [-0.1, -0.05) is 102 Å². The Hall–Kier alpha value is -3.80. The first kappa shape index (κ1) is 21.4. The first-order valence-corrected chi connectivity index (χ1v) is 10.7. The number of aliphatic carboxylic acids is 1. The van der Waals surface area contributed by atoms with Crippen molar-refractivity contribution < 1.29 is 9.90 Å². The zero-order valence-corrected chi connectivity index (χ0v) is 18.3. The summed E-state index contributed by atoms with van der Waals surface area (Å²) in [5.74, 6) is -0.403. The summed E-state index contributed by atoms with van der Waals surface area (Å²) in [6, 6.07) is 30.1. The largest absolute Gasteiger partial charge is 0.476 e. The average Bonchev–Trinajstić information content (AvgIpc) is 3.16. The molecule has 3 aromatic rings. The lowest BCUT2D eigenvalue weighted by atomic mass is 9.36. The molecule has 0 atom stereocenters. The summed E-state index contributed by atoms with van der Waals surface area (Å²) >= 11 is 0. The molecule has 6 heteroatoms. The van der Waals surface area contributed by atoms with Gasteiger partial charge in [-0.15, -0.1) is 0 Å². The Morgan fingerprint density at radius 2 is 1.22 bits per heavy atom. The summed E-state index contributed by atoms with van der Waals surface area (Å²) < 4.78 is 0. The van der Waals surface area contributed by atoms with Gasteiger partial charge in [0.2, 0.25) is 0 Å². The number of benzene rings is 3. The van der Waals surface area contributed by atoms with Crippen molar-refractivity contribution in [3.63, 3.8) is 0 Å². The minimum absolute atomic E-state index is 0.0585. The lowest BCUT2D eigenvalue weighted by Gasteiger charge is -2.22. The average molecular weight is 423 g/mol. The summed E-state index contributed by atoms with van der Waals surface area (Å²) in [4.78, 5) is 21.2. The summed E-state index contributed by atoms with van der Waals surface area (Å²) in [6.07, 6.45) is 0. The second-order valence-corrected chi connectivity index (χ2v) is 7.94. The smallest absolute Gasteiger partial charge is 0.358 e. The van der Waals surface area contributed by atoms with E-state index in [1.54, 1.807) is 0 Å². The summed E-state index contributed by atoms with van der Waals surface area (Å²) in [5.41, 5.74) is 3.78. The topological polar surface area (TPSA) is 56.1 Å². The summed E-state index contributed by atoms with van der Waals surface area (Å²) in [6.45, 7) is 1.31. The van der Waals surface area contributed by atoms with Crippen molar-refractivity contribution in [1.82, 2.24) is 9.80 Å². The van der Waals surface area contributed by atoms with E-state index in [9.17, 15) is 9.90 Å². The van der Waals surface area contributed by atoms with Gasteiger partial charge in [0.05, 0.1) is 0 Å². The molecule has 0 saturated carbocycles. The fraction of sp³-hybridized carbons (Fsp3) is 0.154. The standard InChI is InChI=1S/C26H26BN3O2/c1-29-18-19-30(2)25(29)23(26(31)32)28-24(20-12-6-3-7-13-20)27(21-14-8-4-9-15-21)22-16-10-5-11-17-22/h3-17H,18-19H2,1-2H3,(H,31,32)/b28-24+. The fourth-order valence-corrected chi connectivity index (χ4v) is 4.18. The SMILES string of the molecule is CN1CCN(C)C1=C(/N=C(/B(c1ccccc1)c1ccccc1)c1ccccc1)C(=O)O. The van der Waals surface area contributed by atoms with Crippen LogP contribution < -0.4 is 10.9 Å². The third-order valence-electron chi connectivity index (χ3n) is 5.75. The van der Waals surface area contributed by atoms with E-state index in [2.05, 4.69) is 24.3 Å².